The van der Waals surface area contributed by atoms with Gasteiger partial charge in [0, 0.05) is 5.57 Å². The molecule has 0 fully saturated rings. The fourth-order valence-electron chi connectivity index (χ4n) is 3.08. The van der Waals surface area contributed by atoms with Gasteiger partial charge in [0.1, 0.15) is 0 Å². The minimum absolute atomic E-state index is 0.0172. The number of unbranched alkanes of at least 4 members (excludes halogenated alkanes) is 12. The Bertz CT molecular complexity index is 404. The second-order valence-corrected chi connectivity index (χ2v) is 6.76. The molecular weight excluding hydrogens is 284 g/mol. The van der Waals surface area contributed by atoms with E-state index in [0.717, 1.165) is 12.8 Å². The Morgan fingerprint density at radius 1 is 0.652 bits per heavy atom. The molecule has 0 N–H and O–H groups in total. The molecule has 0 aliphatic heterocycles. The van der Waals surface area contributed by atoms with Crippen molar-refractivity contribution in [2.45, 2.75) is 96.8 Å². The molecule has 0 spiro atoms. The van der Waals surface area contributed by atoms with Gasteiger partial charge >= 0.3 is 0 Å². The van der Waals surface area contributed by atoms with E-state index in [4.69, 9.17) is 0 Å². The molecule has 1 rings (SSSR count). The molecule has 0 atom stereocenters. The van der Waals surface area contributed by atoms with Crippen LogP contribution in [0.25, 0.3) is 0 Å². The van der Waals surface area contributed by atoms with E-state index in [9.17, 15) is 9.59 Å². The Kier molecular flexibility index (Phi) is 11.5. The van der Waals surface area contributed by atoms with Crippen molar-refractivity contribution in [2.24, 2.45) is 0 Å². The first-order chi connectivity index (χ1) is 11.2. The normalized spacial score (nSPS) is 14.4. The van der Waals surface area contributed by atoms with Gasteiger partial charge in [0.15, 0.2) is 11.6 Å². The van der Waals surface area contributed by atoms with Crippen molar-refractivity contribution in [3.8, 4) is 0 Å². The number of hydrogen-bond donors (Lipinski definition) is 0. The van der Waals surface area contributed by atoms with Gasteiger partial charge in [0.05, 0.1) is 0 Å². The van der Waals surface area contributed by atoms with Gasteiger partial charge in [-0.05, 0) is 31.1 Å². The predicted molar refractivity (Wildman–Crippen MR) is 97.5 cm³/mol. The number of allylic oxidation sites excluding steroid dienone is 4. The van der Waals surface area contributed by atoms with Crippen LogP contribution in [0.3, 0.4) is 0 Å². The maximum absolute atomic E-state index is 11.6. The topological polar surface area (TPSA) is 34.1 Å². The van der Waals surface area contributed by atoms with Crippen LogP contribution in [0, 0.1) is 0 Å². The molecule has 130 valence electrons. The Morgan fingerprint density at radius 2 is 1.13 bits per heavy atom. The van der Waals surface area contributed by atoms with E-state index < -0.39 is 0 Å². The molecule has 0 aromatic heterocycles. The van der Waals surface area contributed by atoms with E-state index in [1.54, 1.807) is 0 Å². The number of ketones is 2. The van der Waals surface area contributed by atoms with Crippen LogP contribution in [0.4, 0.5) is 0 Å². The monoisotopic (exact) mass is 318 g/mol. The lowest BCUT2D eigenvalue weighted by Crippen LogP contribution is -2.07. The van der Waals surface area contributed by atoms with Gasteiger partial charge in [-0.1, -0.05) is 84.0 Å². The number of hydrogen-bond acceptors (Lipinski definition) is 2. The van der Waals surface area contributed by atoms with E-state index in [1.807, 2.05) is 0 Å². The highest BCUT2D eigenvalue weighted by Crippen LogP contribution is 2.16. The van der Waals surface area contributed by atoms with Gasteiger partial charge in [-0.3, -0.25) is 9.59 Å². The third-order valence-electron chi connectivity index (χ3n) is 4.58. The molecule has 0 unspecified atom stereocenters. The summed E-state index contributed by atoms with van der Waals surface area (Å²) in [6, 6.07) is 0. The van der Waals surface area contributed by atoms with Crippen molar-refractivity contribution in [1.82, 2.24) is 0 Å². The third kappa shape index (κ3) is 10.3. The average Bonchev–Trinajstić information content (AvgIpc) is 2.55. The minimum atomic E-state index is -0.0469. The first kappa shape index (κ1) is 19.9. The van der Waals surface area contributed by atoms with E-state index in [1.165, 1.54) is 95.3 Å². The second kappa shape index (κ2) is 13.3. The van der Waals surface area contributed by atoms with Crippen molar-refractivity contribution in [2.75, 3.05) is 0 Å². The largest absolute Gasteiger partial charge is 0.290 e. The summed E-state index contributed by atoms with van der Waals surface area (Å²) in [5.74, 6) is -0.0298. The zero-order chi connectivity index (χ0) is 16.8. The van der Waals surface area contributed by atoms with Crippen LogP contribution in [0.1, 0.15) is 96.8 Å². The third-order valence-corrected chi connectivity index (χ3v) is 4.58. The maximum atomic E-state index is 11.6. The molecule has 0 aromatic carbocycles. The summed E-state index contributed by atoms with van der Waals surface area (Å²) in [7, 11) is 0. The summed E-state index contributed by atoms with van der Waals surface area (Å²) < 4.78 is 0. The number of carbonyl (C=O) groups is 2. The molecule has 0 saturated carbocycles. The Labute approximate surface area is 142 Å². The van der Waals surface area contributed by atoms with Gasteiger partial charge in [-0.2, -0.15) is 0 Å². The van der Waals surface area contributed by atoms with Crippen LogP contribution in [0.15, 0.2) is 23.8 Å². The summed E-state index contributed by atoms with van der Waals surface area (Å²) in [5.41, 5.74) is 0.695. The van der Waals surface area contributed by atoms with Crippen LogP contribution in [0.5, 0.6) is 0 Å². The Morgan fingerprint density at radius 3 is 1.65 bits per heavy atom. The molecule has 0 amide bonds. The van der Waals surface area contributed by atoms with E-state index in [-0.39, 0.29) is 11.6 Å². The van der Waals surface area contributed by atoms with Gasteiger partial charge in [0.25, 0.3) is 0 Å². The second-order valence-electron chi connectivity index (χ2n) is 6.76. The van der Waals surface area contributed by atoms with Crippen molar-refractivity contribution >= 4 is 11.6 Å². The van der Waals surface area contributed by atoms with E-state index in [0.29, 0.717) is 5.57 Å². The highest BCUT2D eigenvalue weighted by Gasteiger charge is 2.12. The van der Waals surface area contributed by atoms with Crippen LogP contribution < -0.4 is 0 Å². The highest BCUT2D eigenvalue weighted by atomic mass is 16.1. The van der Waals surface area contributed by atoms with Crippen molar-refractivity contribution in [1.29, 1.82) is 0 Å². The first-order valence-corrected chi connectivity index (χ1v) is 9.71. The molecule has 23 heavy (non-hydrogen) atoms. The van der Waals surface area contributed by atoms with Gasteiger partial charge in [-0.15, -0.1) is 0 Å². The molecule has 1 aliphatic carbocycles. The maximum Gasteiger partial charge on any atom is 0.182 e. The first-order valence-electron chi connectivity index (χ1n) is 9.71. The van der Waals surface area contributed by atoms with Gasteiger partial charge in [0.2, 0.25) is 0 Å². The minimum Gasteiger partial charge on any atom is -0.290 e. The lowest BCUT2D eigenvalue weighted by Gasteiger charge is -2.06. The Hall–Kier alpha value is -1.18. The molecule has 0 aromatic rings. The lowest BCUT2D eigenvalue weighted by atomic mass is 9.97. The molecule has 2 nitrogen and oxygen atoms in total. The summed E-state index contributed by atoms with van der Waals surface area (Å²) in [6.45, 7) is 2.26. The molecule has 0 saturated heterocycles. The molecule has 0 heterocycles. The number of rotatable bonds is 14. The van der Waals surface area contributed by atoms with Gasteiger partial charge < -0.3 is 0 Å². The standard InChI is InChI=1S/C21H34O2/c1-2-3-4-5-6-7-8-9-10-11-12-13-14-15-19-18-20(22)16-17-21(19)23/h16-18H,2-15H2,1H3. The zero-order valence-electron chi connectivity index (χ0n) is 14.9. The zero-order valence-corrected chi connectivity index (χ0v) is 14.9. The smallest absolute Gasteiger partial charge is 0.182 e. The molecule has 1 aliphatic rings. The quantitative estimate of drug-likeness (QED) is 0.286. The molecule has 0 bridgehead atoms. The molecule has 0 radical (unpaired) electrons. The van der Waals surface area contributed by atoms with E-state index in [2.05, 4.69) is 6.92 Å². The number of carbonyl (C=O) groups excluding carboxylic acids is 2. The van der Waals surface area contributed by atoms with Gasteiger partial charge in [-0.25, -0.2) is 0 Å². The highest BCUT2D eigenvalue weighted by molar-refractivity contribution is 6.17. The SMILES string of the molecule is CCCCCCCCCCCCCCCC1=CC(=O)C=CC1=O. The lowest BCUT2D eigenvalue weighted by molar-refractivity contribution is -0.114. The predicted octanol–water partition coefficient (Wildman–Crippen LogP) is 6.10. The summed E-state index contributed by atoms with van der Waals surface area (Å²) in [6.07, 6.45) is 22.3. The summed E-state index contributed by atoms with van der Waals surface area (Å²) in [4.78, 5) is 22.8. The average molecular weight is 319 g/mol. The van der Waals surface area contributed by atoms with E-state index >= 15 is 0 Å². The van der Waals surface area contributed by atoms with Crippen molar-refractivity contribution in [3.63, 3.8) is 0 Å². The summed E-state index contributed by atoms with van der Waals surface area (Å²) >= 11 is 0. The van der Waals surface area contributed by atoms with Crippen LogP contribution in [0.2, 0.25) is 0 Å². The van der Waals surface area contributed by atoms with Crippen LogP contribution in [-0.2, 0) is 9.59 Å². The van der Waals surface area contributed by atoms with Crippen LogP contribution >= 0.6 is 0 Å². The Balaban J connectivity index is 1.85. The molecule has 2 heteroatoms. The fourth-order valence-corrected chi connectivity index (χ4v) is 3.08. The fraction of sp³-hybridized carbons (Fsp3) is 0.714. The van der Waals surface area contributed by atoms with Crippen molar-refractivity contribution in [3.05, 3.63) is 23.8 Å². The van der Waals surface area contributed by atoms with Crippen molar-refractivity contribution < 1.29 is 9.59 Å². The molecular formula is C21H34O2. The van der Waals surface area contributed by atoms with Crippen LogP contribution in [-0.4, -0.2) is 11.6 Å². The summed E-state index contributed by atoms with van der Waals surface area (Å²) in [5, 5.41) is 0.